The average molecular weight is 410 g/mol. The van der Waals surface area contributed by atoms with Crippen LogP contribution in [0, 0.1) is 34.0 Å². The Hall–Kier alpha value is -2.97. The molecular weight excluding hydrogens is 388 g/mol. The maximum Gasteiger partial charge on any atom is 0.243 e. The molecule has 0 bridgehead atoms. The van der Waals surface area contributed by atoms with E-state index >= 15 is 0 Å². The summed E-state index contributed by atoms with van der Waals surface area (Å²) < 4.78 is 5.09. The van der Waals surface area contributed by atoms with Crippen LogP contribution in [0.15, 0.2) is 34.9 Å². The zero-order valence-electron chi connectivity index (χ0n) is 16.2. The van der Waals surface area contributed by atoms with Crippen molar-refractivity contribution in [2.75, 3.05) is 18.2 Å². The van der Waals surface area contributed by atoms with Crippen LogP contribution in [-0.2, 0) is 9.59 Å². The lowest BCUT2D eigenvalue weighted by molar-refractivity contribution is -0.126. The highest BCUT2D eigenvalue weighted by Gasteiger charge is 2.51. The Bertz CT molecular complexity index is 905. The van der Waals surface area contributed by atoms with E-state index < -0.39 is 11.3 Å². The van der Waals surface area contributed by atoms with Crippen molar-refractivity contribution in [1.29, 1.82) is 10.5 Å². The number of allylic oxidation sites excluding steroid dienone is 1. The first-order chi connectivity index (χ1) is 14.0. The minimum absolute atomic E-state index is 0.0418. The summed E-state index contributed by atoms with van der Waals surface area (Å²) in [6.07, 6.45) is 4.08. The van der Waals surface area contributed by atoms with Gasteiger partial charge in [-0.3, -0.25) is 9.59 Å². The van der Waals surface area contributed by atoms with Crippen molar-refractivity contribution in [3.05, 3.63) is 34.9 Å². The molecule has 1 atom stereocenters. The molecule has 8 heteroatoms. The minimum Gasteiger partial charge on any atom is -0.497 e. The second-order valence-electron chi connectivity index (χ2n) is 7.15. The van der Waals surface area contributed by atoms with Gasteiger partial charge < -0.3 is 15.4 Å². The Morgan fingerprint density at radius 2 is 1.97 bits per heavy atom. The number of hydrogen-bond donors (Lipinski definition) is 2. The SMILES string of the molecule is COc1ccc(NC(=O)CSC2=C(C#N)C3(CCCCC3)[C@H](C#N)C(=O)N2)cc1. The predicted octanol–water partition coefficient (Wildman–Crippen LogP) is 3.32. The van der Waals surface area contributed by atoms with Gasteiger partial charge in [-0.1, -0.05) is 31.0 Å². The molecule has 150 valence electrons. The van der Waals surface area contributed by atoms with Crippen LogP contribution in [0.1, 0.15) is 32.1 Å². The van der Waals surface area contributed by atoms with E-state index in [1.54, 1.807) is 31.4 Å². The maximum absolute atomic E-state index is 12.6. The number of anilines is 1. The Morgan fingerprint density at radius 1 is 1.28 bits per heavy atom. The fraction of sp³-hybridized carbons (Fsp3) is 0.429. The zero-order chi connectivity index (χ0) is 20.9. The molecule has 1 aromatic carbocycles. The van der Waals surface area contributed by atoms with Gasteiger partial charge in [-0.2, -0.15) is 10.5 Å². The largest absolute Gasteiger partial charge is 0.497 e. The number of hydrogen-bond acceptors (Lipinski definition) is 6. The maximum atomic E-state index is 12.6. The topological polar surface area (TPSA) is 115 Å². The van der Waals surface area contributed by atoms with E-state index in [9.17, 15) is 20.1 Å². The van der Waals surface area contributed by atoms with E-state index in [0.717, 1.165) is 31.0 Å². The van der Waals surface area contributed by atoms with Gasteiger partial charge in [0, 0.05) is 11.1 Å². The Labute approximate surface area is 174 Å². The van der Waals surface area contributed by atoms with Crippen molar-refractivity contribution >= 4 is 29.3 Å². The summed E-state index contributed by atoms with van der Waals surface area (Å²) in [6, 6.07) is 11.3. The molecule has 1 aliphatic carbocycles. The van der Waals surface area contributed by atoms with Crippen molar-refractivity contribution < 1.29 is 14.3 Å². The van der Waals surface area contributed by atoms with E-state index in [-0.39, 0.29) is 17.6 Å². The lowest BCUT2D eigenvalue weighted by atomic mass is 9.61. The van der Waals surface area contributed by atoms with Crippen molar-refractivity contribution in [3.8, 4) is 17.9 Å². The van der Waals surface area contributed by atoms with Crippen LogP contribution in [0.4, 0.5) is 5.69 Å². The van der Waals surface area contributed by atoms with Crippen molar-refractivity contribution in [2.45, 2.75) is 32.1 Å². The lowest BCUT2D eigenvalue weighted by Crippen LogP contribution is -2.48. The summed E-state index contributed by atoms with van der Waals surface area (Å²) in [5.74, 6) is -0.767. The third kappa shape index (κ3) is 4.23. The monoisotopic (exact) mass is 410 g/mol. The van der Waals surface area contributed by atoms with Gasteiger partial charge in [-0.25, -0.2) is 0 Å². The van der Waals surface area contributed by atoms with Gasteiger partial charge >= 0.3 is 0 Å². The number of ether oxygens (including phenoxy) is 1. The molecule has 0 radical (unpaired) electrons. The molecule has 1 saturated carbocycles. The second kappa shape index (κ2) is 9.02. The fourth-order valence-electron chi connectivity index (χ4n) is 4.05. The van der Waals surface area contributed by atoms with Crippen molar-refractivity contribution in [3.63, 3.8) is 0 Å². The number of thioether (sulfide) groups is 1. The van der Waals surface area contributed by atoms with Gasteiger partial charge in [0.2, 0.25) is 11.8 Å². The van der Waals surface area contributed by atoms with Crippen LogP contribution < -0.4 is 15.4 Å². The quantitative estimate of drug-likeness (QED) is 0.769. The number of carbonyl (C=O) groups is 2. The first-order valence-electron chi connectivity index (χ1n) is 9.46. The summed E-state index contributed by atoms with van der Waals surface area (Å²) >= 11 is 1.13. The zero-order valence-corrected chi connectivity index (χ0v) is 17.0. The average Bonchev–Trinajstić information content (AvgIpc) is 2.73. The number of carbonyl (C=O) groups excluding carboxylic acids is 2. The molecule has 29 heavy (non-hydrogen) atoms. The van der Waals surface area contributed by atoms with Gasteiger partial charge in [0.05, 0.1) is 35.6 Å². The van der Waals surface area contributed by atoms with Crippen LogP contribution in [-0.4, -0.2) is 24.7 Å². The number of amides is 2. The molecule has 3 rings (SSSR count). The first kappa shape index (κ1) is 20.8. The summed E-state index contributed by atoms with van der Waals surface area (Å²) in [5.41, 5.74) is 0.330. The smallest absolute Gasteiger partial charge is 0.243 e. The molecule has 1 fully saturated rings. The van der Waals surface area contributed by atoms with Crippen LogP contribution >= 0.6 is 11.8 Å². The summed E-state index contributed by atoms with van der Waals surface area (Å²) in [7, 11) is 1.57. The molecule has 7 nitrogen and oxygen atoms in total. The molecular formula is C21H22N4O3S. The van der Waals surface area contributed by atoms with Crippen molar-refractivity contribution in [2.24, 2.45) is 11.3 Å². The molecule has 1 aliphatic heterocycles. The predicted molar refractivity (Wildman–Crippen MR) is 109 cm³/mol. The normalized spacial score (nSPS) is 20.4. The summed E-state index contributed by atoms with van der Waals surface area (Å²) in [6.45, 7) is 0. The van der Waals surface area contributed by atoms with E-state index in [0.29, 0.717) is 34.9 Å². The number of nitrogens with one attached hydrogen (secondary N) is 2. The van der Waals surface area contributed by atoms with Crippen LogP contribution in [0.5, 0.6) is 5.75 Å². The second-order valence-corrected chi connectivity index (χ2v) is 8.14. The van der Waals surface area contributed by atoms with Gasteiger partial charge in [0.1, 0.15) is 11.7 Å². The summed E-state index contributed by atoms with van der Waals surface area (Å²) in [4.78, 5) is 24.9. The Kier molecular flexibility index (Phi) is 6.46. The number of rotatable bonds is 5. The molecule has 1 aromatic rings. The molecule has 2 aliphatic rings. The number of nitriles is 2. The fourth-order valence-corrected chi connectivity index (χ4v) is 4.96. The van der Waals surface area contributed by atoms with Gasteiger partial charge in [0.15, 0.2) is 0 Å². The van der Waals surface area contributed by atoms with Gasteiger partial charge in [-0.15, -0.1) is 0 Å². The molecule has 2 amide bonds. The van der Waals surface area contributed by atoms with E-state index in [4.69, 9.17) is 4.74 Å². The van der Waals surface area contributed by atoms with E-state index in [1.807, 2.05) is 0 Å². The molecule has 1 heterocycles. The van der Waals surface area contributed by atoms with E-state index in [2.05, 4.69) is 22.8 Å². The Morgan fingerprint density at radius 3 is 2.55 bits per heavy atom. The molecule has 1 spiro atoms. The third-order valence-electron chi connectivity index (χ3n) is 5.48. The van der Waals surface area contributed by atoms with Gasteiger partial charge in [0.25, 0.3) is 0 Å². The van der Waals surface area contributed by atoms with E-state index in [1.165, 1.54) is 0 Å². The standard InChI is InChI=1S/C21H22N4O3S/c1-28-15-7-5-14(6-8-15)24-18(26)13-29-20-17(12-23)21(9-3-2-4-10-21)16(11-22)19(27)25-20/h5-8,16H,2-4,9-10,13H2,1H3,(H,24,26)(H,25,27)/t16-/m1/s1. The molecule has 2 N–H and O–H groups in total. The third-order valence-corrected chi connectivity index (χ3v) is 6.49. The highest BCUT2D eigenvalue weighted by atomic mass is 32.2. The highest BCUT2D eigenvalue weighted by molar-refractivity contribution is 8.03. The first-order valence-corrected chi connectivity index (χ1v) is 10.4. The number of nitrogens with zero attached hydrogens (tertiary/aromatic N) is 2. The highest BCUT2D eigenvalue weighted by Crippen LogP contribution is 2.51. The van der Waals surface area contributed by atoms with Crippen LogP contribution in [0.25, 0.3) is 0 Å². The molecule has 0 aromatic heterocycles. The minimum atomic E-state index is -0.866. The van der Waals surface area contributed by atoms with Crippen molar-refractivity contribution in [1.82, 2.24) is 5.32 Å². The van der Waals surface area contributed by atoms with Crippen LogP contribution in [0.2, 0.25) is 0 Å². The number of methoxy groups -OCH3 is 1. The van der Waals surface area contributed by atoms with Gasteiger partial charge in [-0.05, 0) is 37.1 Å². The molecule has 0 saturated heterocycles. The Balaban J connectivity index is 1.75. The van der Waals surface area contributed by atoms with Crippen LogP contribution in [0.3, 0.4) is 0 Å². The molecule has 0 unspecified atom stereocenters. The number of benzene rings is 1. The lowest BCUT2D eigenvalue weighted by Gasteiger charge is -2.43. The summed E-state index contributed by atoms with van der Waals surface area (Å²) in [5, 5.41) is 25.3.